The van der Waals surface area contributed by atoms with Gasteiger partial charge in [-0.15, -0.1) is 0 Å². The number of carboxylic acids is 1. The quantitative estimate of drug-likeness (QED) is 0.818. The van der Waals surface area contributed by atoms with Gasteiger partial charge in [-0.1, -0.05) is 50.5 Å². The number of carboxylic acid groups (broad SMARTS) is 1. The molecule has 0 aromatic heterocycles. The van der Waals surface area contributed by atoms with E-state index in [-0.39, 0.29) is 0 Å². The van der Waals surface area contributed by atoms with Crippen LogP contribution in [0, 0.1) is 5.92 Å². The summed E-state index contributed by atoms with van der Waals surface area (Å²) in [4.78, 5) is 11.1. The van der Waals surface area contributed by atoms with E-state index in [1.165, 1.54) is 30.9 Å². The molecule has 0 amide bonds. The van der Waals surface area contributed by atoms with Crippen LogP contribution >= 0.6 is 0 Å². The van der Waals surface area contributed by atoms with Gasteiger partial charge in [-0.05, 0) is 41.9 Å². The molecule has 1 aliphatic carbocycles. The molecule has 0 bridgehead atoms. The van der Waals surface area contributed by atoms with Crippen LogP contribution in [0.4, 0.5) is 0 Å². The van der Waals surface area contributed by atoms with E-state index in [2.05, 4.69) is 31.2 Å². The molecule has 1 N–H and O–H groups in total. The lowest BCUT2D eigenvalue weighted by Gasteiger charge is -2.24. The van der Waals surface area contributed by atoms with Crippen molar-refractivity contribution in [3.05, 3.63) is 41.5 Å². The Kier molecular flexibility index (Phi) is 4.78. The maximum atomic E-state index is 11.1. The molecule has 2 nitrogen and oxygen atoms in total. The standard InChI is InChI=1S/C17H22O2/c1-2-13-8-10-15(11-9-13)16(12-17(18)19)14-6-4-3-5-7-14/h8-12,14H,2-7H2,1H3,(H,18,19)/b16-12+. The average molecular weight is 258 g/mol. The summed E-state index contributed by atoms with van der Waals surface area (Å²) in [6.07, 6.45) is 8.39. The van der Waals surface area contributed by atoms with Crippen LogP contribution in [-0.4, -0.2) is 11.1 Å². The Morgan fingerprint density at radius 1 is 1.21 bits per heavy atom. The predicted octanol–water partition coefficient (Wildman–Crippen LogP) is 4.30. The molecule has 102 valence electrons. The van der Waals surface area contributed by atoms with Crippen molar-refractivity contribution >= 4 is 11.5 Å². The summed E-state index contributed by atoms with van der Waals surface area (Å²) in [5, 5.41) is 9.10. The number of carbonyl (C=O) groups is 1. The van der Waals surface area contributed by atoms with Gasteiger partial charge in [0.25, 0.3) is 0 Å². The van der Waals surface area contributed by atoms with Crippen LogP contribution in [0.5, 0.6) is 0 Å². The van der Waals surface area contributed by atoms with Gasteiger partial charge in [-0.2, -0.15) is 0 Å². The van der Waals surface area contributed by atoms with E-state index in [0.29, 0.717) is 5.92 Å². The van der Waals surface area contributed by atoms with Crippen LogP contribution in [0.1, 0.15) is 50.2 Å². The minimum atomic E-state index is -0.833. The summed E-state index contributed by atoms with van der Waals surface area (Å²) in [6, 6.07) is 8.35. The fourth-order valence-corrected chi connectivity index (χ4v) is 2.92. The molecule has 1 aromatic rings. The van der Waals surface area contributed by atoms with Crippen molar-refractivity contribution in [2.45, 2.75) is 45.4 Å². The molecule has 1 saturated carbocycles. The van der Waals surface area contributed by atoms with Gasteiger partial charge >= 0.3 is 5.97 Å². The zero-order chi connectivity index (χ0) is 13.7. The molecule has 1 aliphatic rings. The first kappa shape index (κ1) is 13.9. The second-order valence-corrected chi connectivity index (χ2v) is 5.32. The van der Waals surface area contributed by atoms with Gasteiger partial charge in [0.05, 0.1) is 0 Å². The lowest BCUT2D eigenvalue weighted by molar-refractivity contribution is -0.131. The van der Waals surface area contributed by atoms with Crippen LogP contribution in [-0.2, 0) is 11.2 Å². The zero-order valence-corrected chi connectivity index (χ0v) is 11.6. The molecule has 0 spiro atoms. The normalized spacial score (nSPS) is 17.4. The van der Waals surface area contributed by atoms with Crippen molar-refractivity contribution in [3.8, 4) is 0 Å². The molecule has 1 aromatic carbocycles. The van der Waals surface area contributed by atoms with E-state index in [0.717, 1.165) is 30.4 Å². The van der Waals surface area contributed by atoms with Gasteiger partial charge in [0.1, 0.15) is 0 Å². The zero-order valence-electron chi connectivity index (χ0n) is 11.6. The lowest BCUT2D eigenvalue weighted by Crippen LogP contribution is -2.10. The lowest BCUT2D eigenvalue weighted by atomic mass is 9.80. The Morgan fingerprint density at radius 3 is 2.37 bits per heavy atom. The van der Waals surface area contributed by atoms with Crippen molar-refractivity contribution in [3.63, 3.8) is 0 Å². The molecule has 19 heavy (non-hydrogen) atoms. The largest absolute Gasteiger partial charge is 0.478 e. The minimum Gasteiger partial charge on any atom is -0.478 e. The number of aryl methyl sites for hydroxylation is 1. The summed E-state index contributed by atoms with van der Waals surface area (Å²) in [7, 11) is 0. The number of allylic oxidation sites excluding steroid dienone is 1. The van der Waals surface area contributed by atoms with E-state index in [9.17, 15) is 4.79 Å². The third-order valence-electron chi connectivity index (χ3n) is 4.02. The molecular formula is C17H22O2. The second-order valence-electron chi connectivity index (χ2n) is 5.32. The molecule has 0 radical (unpaired) electrons. The highest BCUT2D eigenvalue weighted by molar-refractivity contribution is 5.90. The van der Waals surface area contributed by atoms with Gasteiger partial charge in [-0.3, -0.25) is 0 Å². The van der Waals surface area contributed by atoms with E-state index >= 15 is 0 Å². The highest BCUT2D eigenvalue weighted by atomic mass is 16.4. The number of hydrogen-bond acceptors (Lipinski definition) is 1. The van der Waals surface area contributed by atoms with Crippen LogP contribution in [0.3, 0.4) is 0 Å². The molecule has 2 rings (SSSR count). The van der Waals surface area contributed by atoms with Gasteiger partial charge in [0, 0.05) is 6.08 Å². The summed E-state index contributed by atoms with van der Waals surface area (Å²) in [6.45, 7) is 2.13. The Bertz CT molecular complexity index is 451. The Morgan fingerprint density at radius 2 is 1.84 bits per heavy atom. The summed E-state index contributed by atoms with van der Waals surface area (Å²) >= 11 is 0. The van der Waals surface area contributed by atoms with Crippen LogP contribution in [0.2, 0.25) is 0 Å². The number of rotatable bonds is 4. The fraction of sp³-hybridized carbons (Fsp3) is 0.471. The van der Waals surface area contributed by atoms with Crippen LogP contribution in [0.15, 0.2) is 30.3 Å². The third kappa shape index (κ3) is 3.69. The molecule has 0 unspecified atom stereocenters. The minimum absolute atomic E-state index is 0.414. The van der Waals surface area contributed by atoms with Crippen molar-refractivity contribution in [1.29, 1.82) is 0 Å². The summed E-state index contributed by atoms with van der Waals surface area (Å²) < 4.78 is 0. The number of aliphatic carboxylic acids is 1. The SMILES string of the molecule is CCc1ccc(/C(=C/C(=O)O)C2CCCCC2)cc1. The smallest absolute Gasteiger partial charge is 0.328 e. The molecule has 2 heteroatoms. The number of hydrogen-bond donors (Lipinski definition) is 1. The monoisotopic (exact) mass is 258 g/mol. The summed E-state index contributed by atoms with van der Waals surface area (Å²) in [5.41, 5.74) is 3.38. The van der Waals surface area contributed by atoms with Crippen molar-refractivity contribution in [2.24, 2.45) is 5.92 Å². The predicted molar refractivity (Wildman–Crippen MR) is 78.0 cm³/mol. The first-order valence-electron chi connectivity index (χ1n) is 7.24. The van der Waals surface area contributed by atoms with Gasteiger partial charge in [0.2, 0.25) is 0 Å². The molecule has 0 aliphatic heterocycles. The van der Waals surface area contributed by atoms with E-state index in [1.54, 1.807) is 0 Å². The second kappa shape index (κ2) is 6.55. The first-order chi connectivity index (χ1) is 9.20. The van der Waals surface area contributed by atoms with Crippen LogP contribution < -0.4 is 0 Å². The average Bonchev–Trinajstić information content (AvgIpc) is 2.46. The van der Waals surface area contributed by atoms with Gasteiger partial charge in [-0.25, -0.2) is 4.79 Å². The van der Waals surface area contributed by atoms with Crippen molar-refractivity contribution in [1.82, 2.24) is 0 Å². The maximum absolute atomic E-state index is 11.1. The van der Waals surface area contributed by atoms with E-state index in [1.807, 2.05) is 0 Å². The van der Waals surface area contributed by atoms with Crippen molar-refractivity contribution in [2.75, 3.05) is 0 Å². The molecule has 0 saturated heterocycles. The molecular weight excluding hydrogens is 236 g/mol. The van der Waals surface area contributed by atoms with Crippen molar-refractivity contribution < 1.29 is 9.90 Å². The summed E-state index contributed by atoms with van der Waals surface area (Å²) in [5.74, 6) is -0.419. The number of benzene rings is 1. The van der Waals surface area contributed by atoms with Gasteiger partial charge < -0.3 is 5.11 Å². The maximum Gasteiger partial charge on any atom is 0.328 e. The highest BCUT2D eigenvalue weighted by Gasteiger charge is 2.20. The Labute approximate surface area is 115 Å². The molecule has 0 atom stereocenters. The third-order valence-corrected chi connectivity index (χ3v) is 4.02. The van der Waals surface area contributed by atoms with Gasteiger partial charge in [0.15, 0.2) is 0 Å². The Hall–Kier alpha value is -1.57. The first-order valence-corrected chi connectivity index (χ1v) is 7.24. The topological polar surface area (TPSA) is 37.3 Å². The van der Waals surface area contributed by atoms with E-state index in [4.69, 9.17) is 5.11 Å². The van der Waals surface area contributed by atoms with E-state index < -0.39 is 5.97 Å². The highest BCUT2D eigenvalue weighted by Crippen LogP contribution is 2.35. The fourth-order valence-electron chi connectivity index (χ4n) is 2.92. The Balaban J connectivity index is 2.28. The van der Waals surface area contributed by atoms with Crippen LogP contribution in [0.25, 0.3) is 5.57 Å². The molecule has 1 fully saturated rings. The molecule has 0 heterocycles.